The fraction of sp³-hybridized carbons (Fsp3) is 0.333. The third-order valence-electron chi connectivity index (χ3n) is 11.0. The van der Waals surface area contributed by atoms with Crippen LogP contribution in [0.4, 0.5) is 5.69 Å². The lowest BCUT2D eigenvalue weighted by Crippen LogP contribution is -2.39. The maximum absolute atomic E-state index is 14.0. The van der Waals surface area contributed by atoms with Crippen LogP contribution < -0.4 is 22.0 Å². The minimum absolute atomic E-state index is 0.0559. The van der Waals surface area contributed by atoms with Crippen molar-refractivity contribution in [3.05, 3.63) is 82.9 Å². The van der Waals surface area contributed by atoms with Gasteiger partial charge in [-0.3, -0.25) is 33.6 Å². The standard InChI is InChI=1S/C36H30N4O6/c37-25-15-23-27-21(33(41)38(35(23)43)17-7-3-1-4-8-17)14-12-20-30-26(40(45)46)16-24-28-22(13-11-19(32(28)30)29(25)31(20)27)34(42)39(36(24)44)18-9-5-2-6-10-18/h11-18,37,44H,1-10H2. The molecule has 46 heavy (non-hydrogen) atoms. The van der Waals surface area contributed by atoms with Gasteiger partial charge in [-0.25, -0.2) is 0 Å². The molecule has 10 nitrogen and oxygen atoms in total. The highest BCUT2D eigenvalue weighted by Gasteiger charge is 2.32. The lowest BCUT2D eigenvalue weighted by atomic mass is 9.82. The van der Waals surface area contributed by atoms with Gasteiger partial charge in [-0.15, -0.1) is 0 Å². The number of hydrogen-bond acceptors (Lipinski definition) is 7. The lowest BCUT2D eigenvalue weighted by Gasteiger charge is -2.27. The van der Waals surface area contributed by atoms with Crippen LogP contribution in [0, 0.1) is 15.5 Å². The Labute approximate surface area is 260 Å². The van der Waals surface area contributed by atoms with Crippen molar-refractivity contribution in [3.8, 4) is 17.0 Å². The summed E-state index contributed by atoms with van der Waals surface area (Å²) in [6.07, 6.45) is 8.83. The number of benzene rings is 5. The summed E-state index contributed by atoms with van der Waals surface area (Å²) in [5, 5.41) is 37.5. The van der Waals surface area contributed by atoms with Gasteiger partial charge in [-0.05, 0) is 54.7 Å². The van der Waals surface area contributed by atoms with E-state index < -0.39 is 10.5 Å². The summed E-state index contributed by atoms with van der Waals surface area (Å²) in [6, 6.07) is 9.20. The molecule has 2 N–H and O–H groups in total. The molecule has 1 aliphatic heterocycles. The first-order valence-corrected chi connectivity index (χ1v) is 16.2. The Morgan fingerprint density at radius 3 is 1.87 bits per heavy atom. The minimum atomic E-state index is -0.487. The predicted octanol–water partition coefficient (Wildman–Crippen LogP) is 6.66. The van der Waals surface area contributed by atoms with E-state index >= 15 is 0 Å². The average Bonchev–Trinajstić information content (AvgIpc) is 3.06. The molecule has 0 amide bonds. The van der Waals surface area contributed by atoms with Gasteiger partial charge in [-0.1, -0.05) is 50.7 Å². The maximum Gasteiger partial charge on any atom is 0.278 e. The lowest BCUT2D eigenvalue weighted by molar-refractivity contribution is -0.382. The molecule has 0 atom stereocenters. The first-order chi connectivity index (χ1) is 22.3. The molecule has 0 unspecified atom stereocenters. The van der Waals surface area contributed by atoms with Gasteiger partial charge in [0.25, 0.3) is 22.4 Å². The van der Waals surface area contributed by atoms with Crippen molar-refractivity contribution < 1.29 is 10.0 Å². The van der Waals surface area contributed by atoms with Crippen LogP contribution in [0.15, 0.2) is 50.8 Å². The van der Waals surface area contributed by atoms with Gasteiger partial charge in [-0.2, -0.15) is 0 Å². The zero-order valence-corrected chi connectivity index (χ0v) is 25.0. The second-order valence-electron chi connectivity index (χ2n) is 13.3. The monoisotopic (exact) mass is 614 g/mol. The van der Waals surface area contributed by atoms with Crippen LogP contribution in [0.25, 0.3) is 65.0 Å². The fourth-order valence-electron chi connectivity index (χ4n) is 8.99. The third-order valence-corrected chi connectivity index (χ3v) is 11.0. The molecule has 1 aromatic heterocycles. The molecular weight excluding hydrogens is 584 g/mol. The highest BCUT2D eigenvalue weighted by Crippen LogP contribution is 2.49. The number of nitrogens with one attached hydrogen (secondary N) is 1. The molecule has 2 heterocycles. The molecule has 4 aromatic carbocycles. The van der Waals surface area contributed by atoms with Gasteiger partial charge >= 0.3 is 0 Å². The first kappa shape index (κ1) is 27.2. The van der Waals surface area contributed by atoms with E-state index in [1.54, 1.807) is 24.3 Å². The highest BCUT2D eigenvalue weighted by molar-refractivity contribution is 6.39. The van der Waals surface area contributed by atoms with Gasteiger partial charge in [0.05, 0.1) is 26.6 Å². The molecule has 0 saturated heterocycles. The Hall–Kier alpha value is -5.12. The zero-order chi connectivity index (χ0) is 31.6. The molecule has 0 bridgehead atoms. The largest absolute Gasteiger partial charge is 0.494 e. The van der Waals surface area contributed by atoms with Crippen LogP contribution >= 0.6 is 0 Å². The van der Waals surface area contributed by atoms with E-state index in [-0.39, 0.29) is 56.5 Å². The number of aromatic hydroxyl groups is 1. The molecule has 10 heteroatoms. The maximum atomic E-state index is 14.0. The number of nitrogens with zero attached hydrogens (tertiary/aromatic N) is 3. The van der Waals surface area contributed by atoms with Crippen molar-refractivity contribution in [1.82, 2.24) is 9.13 Å². The Bertz CT molecular complexity index is 2630. The number of non-ortho nitro benzene ring substituents is 1. The van der Waals surface area contributed by atoms with Crippen molar-refractivity contribution >= 4 is 59.5 Å². The molecule has 2 fully saturated rings. The van der Waals surface area contributed by atoms with Crippen LogP contribution in [0.3, 0.4) is 0 Å². The average molecular weight is 615 g/mol. The van der Waals surface area contributed by atoms with Crippen molar-refractivity contribution in [1.29, 1.82) is 5.41 Å². The molecule has 0 spiro atoms. The topological polar surface area (TPSA) is 148 Å². The second kappa shape index (κ2) is 9.45. The summed E-state index contributed by atoms with van der Waals surface area (Å²) in [6.45, 7) is 0. The molecule has 5 aromatic rings. The summed E-state index contributed by atoms with van der Waals surface area (Å²) in [5.74, 6) is -0.280. The van der Waals surface area contributed by atoms with Crippen LogP contribution in [0.2, 0.25) is 0 Å². The van der Waals surface area contributed by atoms with Crippen molar-refractivity contribution in [2.24, 2.45) is 0 Å². The zero-order valence-electron chi connectivity index (χ0n) is 25.0. The van der Waals surface area contributed by atoms with E-state index in [4.69, 9.17) is 0 Å². The molecule has 2 saturated carbocycles. The van der Waals surface area contributed by atoms with Gasteiger partial charge in [0, 0.05) is 56.0 Å². The number of nitro groups is 1. The molecule has 230 valence electrons. The summed E-state index contributed by atoms with van der Waals surface area (Å²) in [4.78, 5) is 54.3. The number of aromatic nitrogens is 2. The molecule has 3 aliphatic carbocycles. The summed E-state index contributed by atoms with van der Waals surface area (Å²) in [7, 11) is 0. The first-order valence-electron chi connectivity index (χ1n) is 16.2. The van der Waals surface area contributed by atoms with Crippen LogP contribution in [0.5, 0.6) is 5.88 Å². The van der Waals surface area contributed by atoms with E-state index in [2.05, 4.69) is 0 Å². The van der Waals surface area contributed by atoms with Gasteiger partial charge in [0.15, 0.2) is 0 Å². The van der Waals surface area contributed by atoms with Crippen molar-refractivity contribution in [2.45, 2.75) is 76.3 Å². The van der Waals surface area contributed by atoms with E-state index in [1.165, 1.54) is 21.3 Å². The molecular formula is C36H30N4O6. The quantitative estimate of drug-likeness (QED) is 0.0984. The van der Waals surface area contributed by atoms with Crippen molar-refractivity contribution in [3.63, 3.8) is 0 Å². The Kier molecular flexibility index (Phi) is 5.59. The number of rotatable bonds is 3. The molecule has 9 rings (SSSR count). The second-order valence-corrected chi connectivity index (χ2v) is 13.3. The predicted molar refractivity (Wildman–Crippen MR) is 177 cm³/mol. The van der Waals surface area contributed by atoms with E-state index in [1.807, 2.05) is 0 Å². The Morgan fingerprint density at radius 1 is 0.652 bits per heavy atom. The Morgan fingerprint density at radius 2 is 1.22 bits per heavy atom. The number of fused-ring (bicyclic) bond motifs is 2. The third kappa shape index (κ3) is 3.36. The van der Waals surface area contributed by atoms with Gasteiger partial charge in [0.2, 0.25) is 5.88 Å². The Balaban J connectivity index is 1.49. The van der Waals surface area contributed by atoms with E-state index in [0.717, 1.165) is 64.2 Å². The van der Waals surface area contributed by atoms with Crippen molar-refractivity contribution in [2.75, 3.05) is 0 Å². The van der Waals surface area contributed by atoms with Crippen LogP contribution in [-0.4, -0.2) is 19.2 Å². The number of nitro benzene ring substituents is 1. The van der Waals surface area contributed by atoms with E-state index in [9.17, 15) is 35.0 Å². The SMILES string of the molecule is N=c1cc2c(=O)n(C3CCCCC3)c(=O)c3ccc4c(c3-2)c1c1ccc2c(=O)n(C3CCCCC3)c(O)c3cc([N+](=O)[O-])c4c1c32. The minimum Gasteiger partial charge on any atom is -0.494 e. The fourth-order valence-corrected chi connectivity index (χ4v) is 8.99. The van der Waals surface area contributed by atoms with Gasteiger partial charge in [0.1, 0.15) is 0 Å². The normalized spacial score (nSPS) is 17.1. The van der Waals surface area contributed by atoms with Crippen LogP contribution in [0.1, 0.15) is 76.3 Å². The smallest absolute Gasteiger partial charge is 0.278 e. The highest BCUT2D eigenvalue weighted by atomic mass is 16.6. The summed E-state index contributed by atoms with van der Waals surface area (Å²) in [5.41, 5.74) is -0.734. The summed E-state index contributed by atoms with van der Waals surface area (Å²) >= 11 is 0. The molecule has 0 radical (unpaired) electrons. The van der Waals surface area contributed by atoms with Crippen LogP contribution in [-0.2, 0) is 0 Å². The van der Waals surface area contributed by atoms with Gasteiger partial charge < -0.3 is 10.5 Å². The number of hydrogen-bond donors (Lipinski definition) is 2. The molecule has 4 aliphatic rings. The summed E-state index contributed by atoms with van der Waals surface area (Å²) < 4.78 is 2.78. The number of pyridine rings is 2. The van der Waals surface area contributed by atoms with E-state index in [0.29, 0.717) is 48.7 Å².